The highest BCUT2D eigenvalue weighted by Gasteiger charge is 2.22. The maximum Gasteiger partial charge on any atom is 0.195 e. The van der Waals surface area contributed by atoms with Crippen LogP contribution in [0.3, 0.4) is 0 Å². The predicted octanol–water partition coefficient (Wildman–Crippen LogP) is 3.93. The van der Waals surface area contributed by atoms with E-state index in [0.717, 1.165) is 73.8 Å². The second-order valence-corrected chi connectivity index (χ2v) is 8.27. The predicted molar refractivity (Wildman–Crippen MR) is 112 cm³/mol. The van der Waals surface area contributed by atoms with Gasteiger partial charge in [-0.1, -0.05) is 6.92 Å². The van der Waals surface area contributed by atoms with E-state index in [1.54, 1.807) is 12.4 Å². The van der Waals surface area contributed by atoms with Gasteiger partial charge in [-0.2, -0.15) is 0 Å². The molecule has 1 fully saturated rings. The van der Waals surface area contributed by atoms with Crippen molar-refractivity contribution >= 4 is 5.88 Å². The minimum absolute atomic E-state index is 0.783. The monoisotopic (exact) mass is 389 g/mol. The van der Waals surface area contributed by atoms with E-state index >= 15 is 0 Å². The maximum atomic E-state index is 6.17. The maximum absolute atomic E-state index is 6.17. The van der Waals surface area contributed by atoms with Crippen molar-refractivity contribution in [2.45, 2.75) is 39.3 Å². The molecule has 1 saturated heterocycles. The van der Waals surface area contributed by atoms with E-state index in [2.05, 4.69) is 38.8 Å². The molecule has 0 N–H and O–H groups in total. The highest BCUT2D eigenvalue weighted by Crippen LogP contribution is 2.27. The van der Waals surface area contributed by atoms with Crippen molar-refractivity contribution in [1.29, 1.82) is 0 Å². The van der Waals surface area contributed by atoms with Crippen LogP contribution in [0.4, 0.5) is 5.88 Å². The zero-order chi connectivity index (χ0) is 19.6. The van der Waals surface area contributed by atoms with E-state index in [1.807, 2.05) is 18.3 Å². The molecule has 0 unspecified atom stereocenters. The Bertz CT molecular complexity index is 962. The van der Waals surface area contributed by atoms with Gasteiger partial charge in [-0.15, -0.1) is 0 Å². The Labute approximate surface area is 171 Å². The number of aromatic nitrogens is 3. The van der Waals surface area contributed by atoms with Gasteiger partial charge in [0.2, 0.25) is 0 Å². The van der Waals surface area contributed by atoms with Crippen LogP contribution in [-0.2, 0) is 19.5 Å². The molecule has 150 valence electrons. The van der Waals surface area contributed by atoms with Gasteiger partial charge in [0.15, 0.2) is 11.7 Å². The van der Waals surface area contributed by atoms with Crippen molar-refractivity contribution in [3.8, 4) is 11.4 Å². The number of hydrogen-bond acceptors (Lipinski definition) is 6. The number of hydrogen-bond donors (Lipinski definition) is 0. The van der Waals surface area contributed by atoms with Gasteiger partial charge in [0.25, 0.3) is 0 Å². The first kappa shape index (κ1) is 18.3. The first-order valence-electron chi connectivity index (χ1n) is 10.6. The van der Waals surface area contributed by atoms with Gasteiger partial charge in [-0.05, 0) is 37.0 Å². The van der Waals surface area contributed by atoms with E-state index in [1.165, 1.54) is 18.4 Å². The molecule has 5 rings (SSSR count). The largest absolute Gasteiger partial charge is 0.444 e. The van der Waals surface area contributed by atoms with Crippen LogP contribution in [0, 0.1) is 5.92 Å². The fourth-order valence-corrected chi connectivity index (χ4v) is 4.22. The standard InChI is InChI=1S/C23H27N5O/c1-17-6-12-28(13-7-17)22-3-2-20(29-22)16-27-11-8-21-19(15-27)14-25-23(26-21)18-4-9-24-10-5-18/h2-5,9-10,14,17H,6-8,11-13,15-16H2,1H3. The van der Waals surface area contributed by atoms with Gasteiger partial charge < -0.3 is 9.32 Å². The quantitative estimate of drug-likeness (QED) is 0.674. The molecule has 0 aromatic carbocycles. The summed E-state index contributed by atoms with van der Waals surface area (Å²) in [6, 6.07) is 8.17. The molecule has 0 bridgehead atoms. The molecule has 0 radical (unpaired) electrons. The Morgan fingerprint density at radius 2 is 1.90 bits per heavy atom. The number of fused-ring (bicyclic) bond motifs is 1. The van der Waals surface area contributed by atoms with Crippen LogP contribution in [0.25, 0.3) is 11.4 Å². The third-order valence-corrected chi connectivity index (χ3v) is 6.07. The lowest BCUT2D eigenvalue weighted by Gasteiger charge is -2.30. The van der Waals surface area contributed by atoms with Gasteiger partial charge in [0, 0.05) is 68.4 Å². The second-order valence-electron chi connectivity index (χ2n) is 8.27. The minimum Gasteiger partial charge on any atom is -0.444 e. The first-order valence-corrected chi connectivity index (χ1v) is 10.6. The Kier molecular flexibility index (Phi) is 5.02. The van der Waals surface area contributed by atoms with Gasteiger partial charge >= 0.3 is 0 Å². The van der Waals surface area contributed by atoms with Crippen LogP contribution >= 0.6 is 0 Å². The number of pyridine rings is 1. The molecule has 0 aliphatic carbocycles. The average Bonchev–Trinajstić information content (AvgIpc) is 3.23. The average molecular weight is 390 g/mol. The summed E-state index contributed by atoms with van der Waals surface area (Å²) in [6.07, 6.45) is 8.98. The van der Waals surface area contributed by atoms with Crippen LogP contribution < -0.4 is 4.90 Å². The molecule has 0 atom stereocenters. The lowest BCUT2D eigenvalue weighted by molar-refractivity contribution is 0.223. The smallest absolute Gasteiger partial charge is 0.195 e. The van der Waals surface area contributed by atoms with Crippen LogP contribution in [0.2, 0.25) is 0 Å². The van der Waals surface area contributed by atoms with Gasteiger partial charge in [0.1, 0.15) is 5.76 Å². The Hall–Kier alpha value is -2.73. The molecule has 0 spiro atoms. The van der Waals surface area contributed by atoms with Crippen molar-refractivity contribution < 1.29 is 4.42 Å². The zero-order valence-corrected chi connectivity index (χ0v) is 16.9. The third kappa shape index (κ3) is 4.03. The minimum atomic E-state index is 0.783. The molecular formula is C23H27N5O. The molecule has 3 aromatic heterocycles. The van der Waals surface area contributed by atoms with E-state index in [-0.39, 0.29) is 0 Å². The van der Waals surface area contributed by atoms with Crippen LogP contribution in [-0.4, -0.2) is 39.5 Å². The zero-order valence-electron chi connectivity index (χ0n) is 16.9. The Morgan fingerprint density at radius 1 is 1.07 bits per heavy atom. The molecule has 6 heteroatoms. The topological polar surface area (TPSA) is 58.3 Å². The van der Waals surface area contributed by atoms with Crippen LogP contribution in [0.15, 0.2) is 47.3 Å². The molecule has 29 heavy (non-hydrogen) atoms. The molecule has 5 heterocycles. The molecule has 3 aromatic rings. The lowest BCUT2D eigenvalue weighted by atomic mass is 9.99. The van der Waals surface area contributed by atoms with Crippen molar-refractivity contribution in [2.75, 3.05) is 24.5 Å². The fourth-order valence-electron chi connectivity index (χ4n) is 4.22. The summed E-state index contributed by atoms with van der Waals surface area (Å²) in [5.74, 6) is 3.67. The van der Waals surface area contributed by atoms with Crippen molar-refractivity contribution in [2.24, 2.45) is 5.92 Å². The van der Waals surface area contributed by atoms with Gasteiger partial charge in [0.05, 0.1) is 12.2 Å². The van der Waals surface area contributed by atoms with Crippen molar-refractivity contribution in [3.05, 3.63) is 59.9 Å². The molecular weight excluding hydrogens is 362 g/mol. The van der Waals surface area contributed by atoms with Crippen molar-refractivity contribution in [3.63, 3.8) is 0 Å². The fraction of sp³-hybridized carbons (Fsp3) is 0.435. The number of piperidine rings is 1. The second kappa shape index (κ2) is 7.95. The summed E-state index contributed by atoms with van der Waals surface area (Å²) in [7, 11) is 0. The summed E-state index contributed by atoms with van der Waals surface area (Å²) in [5, 5.41) is 0. The van der Waals surface area contributed by atoms with E-state index in [0.29, 0.717) is 0 Å². The van der Waals surface area contributed by atoms with Gasteiger partial charge in [-0.25, -0.2) is 9.97 Å². The Balaban J connectivity index is 1.24. The highest BCUT2D eigenvalue weighted by molar-refractivity contribution is 5.54. The molecule has 6 nitrogen and oxygen atoms in total. The lowest BCUT2D eigenvalue weighted by Crippen LogP contribution is -2.32. The summed E-state index contributed by atoms with van der Waals surface area (Å²) < 4.78 is 6.17. The highest BCUT2D eigenvalue weighted by atomic mass is 16.4. The van der Waals surface area contributed by atoms with E-state index in [4.69, 9.17) is 9.40 Å². The summed E-state index contributed by atoms with van der Waals surface area (Å²) >= 11 is 0. The van der Waals surface area contributed by atoms with Crippen LogP contribution in [0.5, 0.6) is 0 Å². The Morgan fingerprint density at radius 3 is 2.72 bits per heavy atom. The summed E-state index contributed by atoms with van der Waals surface area (Å²) in [5.41, 5.74) is 3.39. The van der Waals surface area contributed by atoms with E-state index in [9.17, 15) is 0 Å². The van der Waals surface area contributed by atoms with E-state index < -0.39 is 0 Å². The molecule has 2 aliphatic rings. The summed E-state index contributed by atoms with van der Waals surface area (Å²) in [6.45, 7) is 7.21. The third-order valence-electron chi connectivity index (χ3n) is 6.07. The number of anilines is 1. The van der Waals surface area contributed by atoms with Gasteiger partial charge in [-0.3, -0.25) is 9.88 Å². The van der Waals surface area contributed by atoms with Crippen molar-refractivity contribution in [1.82, 2.24) is 19.9 Å². The first-order chi connectivity index (χ1) is 14.2. The SMILES string of the molecule is CC1CCN(c2ccc(CN3CCc4nc(-c5ccncc5)ncc4C3)o2)CC1. The van der Waals surface area contributed by atoms with Crippen LogP contribution in [0.1, 0.15) is 36.8 Å². The summed E-state index contributed by atoms with van der Waals surface area (Å²) in [4.78, 5) is 18.2. The normalized spacial score (nSPS) is 18.0. The molecule has 0 saturated carbocycles. The molecule has 0 amide bonds. The number of furan rings is 1. The number of rotatable bonds is 4. The number of nitrogens with zero attached hydrogens (tertiary/aromatic N) is 5. The molecule has 2 aliphatic heterocycles.